The summed E-state index contributed by atoms with van der Waals surface area (Å²) in [5.41, 5.74) is 2.50. The van der Waals surface area contributed by atoms with Gasteiger partial charge in [0.2, 0.25) is 5.76 Å². The minimum atomic E-state index is -0.301. The maximum atomic E-state index is 12.1. The zero-order valence-electron chi connectivity index (χ0n) is 11.6. The van der Waals surface area contributed by atoms with Crippen molar-refractivity contribution in [3.05, 3.63) is 77.0 Å². The van der Waals surface area contributed by atoms with Gasteiger partial charge in [0.15, 0.2) is 0 Å². The number of nitrogens with one attached hydrogen (secondary N) is 1. The molecule has 1 heterocycles. The van der Waals surface area contributed by atoms with Crippen molar-refractivity contribution in [1.29, 1.82) is 0 Å². The molecule has 110 valence electrons. The molecule has 0 saturated heterocycles. The molecule has 4 nitrogen and oxygen atoms in total. The second-order valence-corrected chi connectivity index (χ2v) is 5.19. The van der Waals surface area contributed by atoms with Crippen LogP contribution in [0.25, 0.3) is 11.3 Å². The van der Waals surface area contributed by atoms with Gasteiger partial charge in [-0.1, -0.05) is 59.2 Å². The van der Waals surface area contributed by atoms with Gasteiger partial charge in [0.25, 0.3) is 5.91 Å². The van der Waals surface area contributed by atoms with Gasteiger partial charge in [-0.3, -0.25) is 4.79 Å². The Kier molecular flexibility index (Phi) is 4.21. The molecule has 2 aromatic carbocycles. The predicted molar refractivity (Wildman–Crippen MR) is 84.6 cm³/mol. The summed E-state index contributed by atoms with van der Waals surface area (Å²) in [6, 6.07) is 18.5. The highest BCUT2D eigenvalue weighted by atomic mass is 35.5. The average Bonchev–Trinajstić information content (AvgIpc) is 3.05. The highest BCUT2D eigenvalue weighted by Gasteiger charge is 2.13. The summed E-state index contributed by atoms with van der Waals surface area (Å²) in [7, 11) is 0. The van der Waals surface area contributed by atoms with Gasteiger partial charge >= 0.3 is 0 Å². The van der Waals surface area contributed by atoms with Crippen molar-refractivity contribution in [2.75, 3.05) is 0 Å². The Hall–Kier alpha value is -2.59. The lowest BCUT2D eigenvalue weighted by Crippen LogP contribution is -2.22. The summed E-state index contributed by atoms with van der Waals surface area (Å²) in [6.07, 6.45) is 0. The number of carbonyl (C=O) groups is 1. The van der Waals surface area contributed by atoms with Gasteiger partial charge in [-0.25, -0.2) is 0 Å². The van der Waals surface area contributed by atoms with E-state index in [1.54, 1.807) is 18.2 Å². The van der Waals surface area contributed by atoms with Crippen LogP contribution in [0, 0.1) is 0 Å². The van der Waals surface area contributed by atoms with Crippen molar-refractivity contribution in [3.63, 3.8) is 0 Å². The largest absolute Gasteiger partial charge is 0.350 e. The Balaban J connectivity index is 1.66. The van der Waals surface area contributed by atoms with Gasteiger partial charge in [0.05, 0.1) is 0 Å². The SMILES string of the molecule is O=C(NCc1ccc(Cl)cc1)c1cc(-c2ccccc2)no1. The molecule has 0 fully saturated rings. The van der Waals surface area contributed by atoms with E-state index in [0.717, 1.165) is 11.1 Å². The Bertz CT molecular complexity index is 767. The van der Waals surface area contributed by atoms with Crippen LogP contribution in [0.2, 0.25) is 5.02 Å². The summed E-state index contributed by atoms with van der Waals surface area (Å²) in [5, 5.41) is 7.37. The first-order chi connectivity index (χ1) is 10.7. The van der Waals surface area contributed by atoms with E-state index in [1.807, 2.05) is 42.5 Å². The van der Waals surface area contributed by atoms with E-state index in [1.165, 1.54) is 0 Å². The van der Waals surface area contributed by atoms with Crippen molar-refractivity contribution in [1.82, 2.24) is 10.5 Å². The summed E-state index contributed by atoms with van der Waals surface area (Å²) in [5.74, 6) is -0.113. The normalized spacial score (nSPS) is 10.4. The van der Waals surface area contributed by atoms with Gasteiger partial charge in [-0.05, 0) is 17.7 Å². The molecule has 1 amide bonds. The molecule has 0 atom stereocenters. The third-order valence-corrected chi connectivity index (χ3v) is 3.42. The number of hydrogen-bond acceptors (Lipinski definition) is 3. The number of carbonyl (C=O) groups excluding carboxylic acids is 1. The molecule has 0 aliphatic heterocycles. The molecule has 22 heavy (non-hydrogen) atoms. The number of hydrogen-bond donors (Lipinski definition) is 1. The van der Waals surface area contributed by atoms with E-state index < -0.39 is 0 Å². The van der Waals surface area contributed by atoms with Crippen LogP contribution in [0.1, 0.15) is 16.1 Å². The van der Waals surface area contributed by atoms with Crippen molar-refractivity contribution >= 4 is 17.5 Å². The van der Waals surface area contributed by atoms with Crippen LogP contribution in [-0.4, -0.2) is 11.1 Å². The van der Waals surface area contributed by atoms with Crippen molar-refractivity contribution in [2.24, 2.45) is 0 Å². The molecule has 0 spiro atoms. The van der Waals surface area contributed by atoms with Crippen molar-refractivity contribution in [3.8, 4) is 11.3 Å². The van der Waals surface area contributed by atoms with Gasteiger partial charge in [-0.15, -0.1) is 0 Å². The minimum absolute atomic E-state index is 0.188. The zero-order valence-corrected chi connectivity index (χ0v) is 12.4. The first-order valence-corrected chi connectivity index (χ1v) is 7.15. The minimum Gasteiger partial charge on any atom is -0.350 e. The molecule has 0 bridgehead atoms. The van der Waals surface area contributed by atoms with E-state index >= 15 is 0 Å². The predicted octanol–water partition coefficient (Wildman–Crippen LogP) is 3.93. The monoisotopic (exact) mass is 312 g/mol. The van der Waals surface area contributed by atoms with E-state index in [9.17, 15) is 4.79 Å². The second kappa shape index (κ2) is 6.45. The Morgan fingerprint density at radius 1 is 1.09 bits per heavy atom. The number of nitrogens with zero attached hydrogens (tertiary/aromatic N) is 1. The highest BCUT2D eigenvalue weighted by Crippen LogP contribution is 2.18. The maximum absolute atomic E-state index is 12.1. The molecule has 0 unspecified atom stereocenters. The molecule has 3 rings (SSSR count). The van der Waals surface area contributed by atoms with Crippen LogP contribution in [0.4, 0.5) is 0 Å². The van der Waals surface area contributed by atoms with Crippen LogP contribution >= 0.6 is 11.6 Å². The van der Waals surface area contributed by atoms with Crippen LogP contribution in [0.5, 0.6) is 0 Å². The topological polar surface area (TPSA) is 55.1 Å². The molecule has 1 aromatic heterocycles. The molecular formula is C17H13ClN2O2. The third kappa shape index (κ3) is 3.35. The second-order valence-electron chi connectivity index (χ2n) is 4.75. The standard InChI is InChI=1S/C17H13ClN2O2/c18-14-8-6-12(7-9-14)11-19-17(21)16-10-15(20-22-16)13-4-2-1-3-5-13/h1-10H,11H2,(H,19,21). The number of aromatic nitrogens is 1. The first kappa shape index (κ1) is 14.4. The smallest absolute Gasteiger partial charge is 0.290 e. The van der Waals surface area contributed by atoms with E-state index in [0.29, 0.717) is 17.3 Å². The number of halogens is 1. The van der Waals surface area contributed by atoms with Gasteiger partial charge in [0, 0.05) is 23.2 Å². The van der Waals surface area contributed by atoms with Crippen LogP contribution in [0.15, 0.2) is 65.2 Å². The lowest BCUT2D eigenvalue weighted by Gasteiger charge is -2.02. The summed E-state index contributed by atoms with van der Waals surface area (Å²) < 4.78 is 5.11. The van der Waals surface area contributed by atoms with E-state index in [4.69, 9.17) is 16.1 Å². The van der Waals surface area contributed by atoms with E-state index in [2.05, 4.69) is 10.5 Å². The third-order valence-electron chi connectivity index (χ3n) is 3.17. The Morgan fingerprint density at radius 2 is 1.82 bits per heavy atom. The summed E-state index contributed by atoms with van der Waals surface area (Å²) in [6.45, 7) is 0.400. The maximum Gasteiger partial charge on any atom is 0.290 e. The average molecular weight is 313 g/mol. The van der Waals surface area contributed by atoms with E-state index in [-0.39, 0.29) is 11.7 Å². The van der Waals surface area contributed by atoms with Gasteiger partial charge in [-0.2, -0.15) is 0 Å². The highest BCUT2D eigenvalue weighted by molar-refractivity contribution is 6.30. The fraction of sp³-hybridized carbons (Fsp3) is 0.0588. The Labute approximate surface area is 132 Å². The van der Waals surface area contributed by atoms with Crippen LogP contribution in [0.3, 0.4) is 0 Å². The number of rotatable bonds is 4. The molecule has 0 saturated carbocycles. The number of amides is 1. The molecule has 0 radical (unpaired) electrons. The molecule has 0 aliphatic carbocycles. The zero-order chi connectivity index (χ0) is 15.4. The molecule has 5 heteroatoms. The number of benzene rings is 2. The fourth-order valence-electron chi connectivity index (χ4n) is 2.00. The van der Waals surface area contributed by atoms with Crippen molar-refractivity contribution < 1.29 is 9.32 Å². The summed E-state index contributed by atoms with van der Waals surface area (Å²) in [4.78, 5) is 12.1. The Morgan fingerprint density at radius 3 is 2.55 bits per heavy atom. The van der Waals surface area contributed by atoms with Gasteiger partial charge in [0.1, 0.15) is 5.69 Å². The van der Waals surface area contributed by atoms with Gasteiger partial charge < -0.3 is 9.84 Å². The molecule has 0 aliphatic rings. The lowest BCUT2D eigenvalue weighted by atomic mass is 10.1. The van der Waals surface area contributed by atoms with Crippen molar-refractivity contribution in [2.45, 2.75) is 6.54 Å². The van der Waals surface area contributed by atoms with Crippen LogP contribution < -0.4 is 5.32 Å². The first-order valence-electron chi connectivity index (χ1n) is 6.77. The molecule has 3 aromatic rings. The van der Waals surface area contributed by atoms with Crippen LogP contribution in [-0.2, 0) is 6.54 Å². The quantitative estimate of drug-likeness (QED) is 0.794. The summed E-state index contributed by atoms with van der Waals surface area (Å²) >= 11 is 5.82. The fourth-order valence-corrected chi connectivity index (χ4v) is 2.12. The lowest BCUT2D eigenvalue weighted by molar-refractivity contribution is 0.0914. The molecular weight excluding hydrogens is 300 g/mol. The molecule has 1 N–H and O–H groups in total.